The van der Waals surface area contributed by atoms with Gasteiger partial charge in [0.1, 0.15) is 17.4 Å². The number of nitrogens with one attached hydrogen (secondary N) is 4. The van der Waals surface area contributed by atoms with Crippen molar-refractivity contribution < 1.29 is 42.6 Å². The topological polar surface area (TPSA) is 187 Å². The molecule has 5 aliphatic carbocycles. The van der Waals surface area contributed by atoms with Gasteiger partial charge in [-0.15, -0.1) is 0 Å². The third kappa shape index (κ3) is 11.5. The number of hydrogen-bond acceptors (Lipinski definition) is 8. The molecule has 3 amide bonds. The number of halogens is 2. The number of carbonyl (C=O) groups excluding carboxylic acids is 3. The first-order chi connectivity index (χ1) is 34.8. The molecule has 2 aromatic rings. The molecule has 14 heteroatoms. The Balaban J connectivity index is 0.789. The van der Waals surface area contributed by atoms with Crippen LogP contribution in [0.2, 0.25) is 0 Å². The third-order valence-electron chi connectivity index (χ3n) is 17.9. The number of carboxylic acid groups (broad SMARTS) is 1. The van der Waals surface area contributed by atoms with E-state index >= 15 is 0 Å². The molecule has 1 heterocycles. The van der Waals surface area contributed by atoms with E-state index < -0.39 is 53.1 Å². The van der Waals surface area contributed by atoms with E-state index in [-0.39, 0.29) is 53.1 Å². The summed E-state index contributed by atoms with van der Waals surface area (Å²) in [6.07, 6.45) is 17.1. The van der Waals surface area contributed by atoms with Crippen LogP contribution in [-0.2, 0) is 14.4 Å². The number of rotatable bonds is 20. The Morgan fingerprint density at radius 2 is 1.63 bits per heavy atom. The molecule has 0 spiro atoms. The molecule has 0 bridgehead atoms. The fraction of sp³-hybridized carbons (Fsp3) is 0.576. The van der Waals surface area contributed by atoms with Crippen molar-refractivity contribution >= 4 is 34.7 Å². The molecule has 9 atom stereocenters. The number of carbonyl (C=O) groups is 4. The van der Waals surface area contributed by atoms with Gasteiger partial charge in [0.2, 0.25) is 17.2 Å². The smallest absolute Gasteiger partial charge is 0.303 e. The predicted molar refractivity (Wildman–Crippen MR) is 279 cm³/mol. The second-order valence-electron chi connectivity index (χ2n) is 23.0. The molecule has 3 fully saturated rings. The fourth-order valence-corrected chi connectivity index (χ4v) is 14.0. The number of carboxylic acids is 1. The van der Waals surface area contributed by atoms with E-state index in [0.29, 0.717) is 40.1 Å². The normalized spacial score (nSPS) is 25.3. The monoisotopic (exact) mass is 1010 g/mol. The second kappa shape index (κ2) is 22.5. The predicted octanol–water partition coefficient (Wildman–Crippen LogP) is 10.8. The summed E-state index contributed by atoms with van der Waals surface area (Å²) < 4.78 is 35.1. The van der Waals surface area contributed by atoms with Crippen LogP contribution in [0.15, 0.2) is 63.3 Å². The number of allylic oxidation sites excluding steroid dienone is 1. The van der Waals surface area contributed by atoms with Crippen LogP contribution < -0.4 is 26.7 Å². The largest absolute Gasteiger partial charge is 0.505 e. The quantitative estimate of drug-likeness (QED) is 0.0285. The molecule has 0 radical (unpaired) electrons. The molecular weight excluding hydrogens is 931 g/mol. The van der Waals surface area contributed by atoms with Gasteiger partial charge in [-0.05, 0) is 159 Å². The van der Waals surface area contributed by atoms with Crippen molar-refractivity contribution in [2.24, 2.45) is 46.3 Å². The van der Waals surface area contributed by atoms with Crippen molar-refractivity contribution in [3.8, 4) is 28.2 Å². The maximum atomic E-state index is 14.7. The van der Waals surface area contributed by atoms with E-state index in [4.69, 9.17) is 4.42 Å². The molecular formula is C59H76F2N4O8. The van der Waals surface area contributed by atoms with Crippen LogP contribution in [0.25, 0.3) is 33.4 Å². The number of aryl methyl sites for hydroxylation is 1. The van der Waals surface area contributed by atoms with Crippen LogP contribution in [-0.4, -0.2) is 65.6 Å². The Kier molecular flexibility index (Phi) is 16.5. The van der Waals surface area contributed by atoms with Gasteiger partial charge in [-0.2, -0.15) is 0 Å². The summed E-state index contributed by atoms with van der Waals surface area (Å²) in [5.41, 5.74) is 3.03. The fourth-order valence-electron chi connectivity index (χ4n) is 14.0. The molecule has 4 unspecified atom stereocenters. The Labute approximate surface area is 428 Å². The average molecular weight is 1010 g/mol. The SMILES string of the molecule is Cc1cc(C(=O)N[C@@H](CCC(=O)O)C(=O)NCCC(=O)NCCCN[C@H]2CCC3(C)C(=CC[C@@H]4C3CCC3(C)C([C@H](C)CCCC(C)C)CC[C@@H]43)C2)ccc1-c1c2cc(F)c(=O)cc-2oc2cc(O)c(F)cc12. The van der Waals surface area contributed by atoms with Gasteiger partial charge in [-0.1, -0.05) is 71.6 Å². The van der Waals surface area contributed by atoms with Crippen LogP contribution >= 0.6 is 0 Å². The molecule has 1 aliphatic heterocycles. The lowest BCUT2D eigenvalue weighted by atomic mass is 9.47. The summed E-state index contributed by atoms with van der Waals surface area (Å²) in [5.74, 6) is -0.499. The second-order valence-corrected chi connectivity index (χ2v) is 23.0. The minimum atomic E-state index is -1.23. The number of fused-ring (bicyclic) bond motifs is 7. The first-order valence-electron chi connectivity index (χ1n) is 27.0. The molecule has 394 valence electrons. The van der Waals surface area contributed by atoms with E-state index in [2.05, 4.69) is 62.0 Å². The molecule has 73 heavy (non-hydrogen) atoms. The van der Waals surface area contributed by atoms with Gasteiger partial charge in [-0.3, -0.25) is 24.0 Å². The van der Waals surface area contributed by atoms with Crippen molar-refractivity contribution in [2.75, 3.05) is 19.6 Å². The summed E-state index contributed by atoms with van der Waals surface area (Å²) in [6, 6.07) is 7.73. The maximum Gasteiger partial charge on any atom is 0.303 e. The van der Waals surface area contributed by atoms with E-state index in [1.165, 1.54) is 69.9 Å². The zero-order chi connectivity index (χ0) is 52.4. The minimum Gasteiger partial charge on any atom is -0.505 e. The average Bonchev–Trinajstić information content (AvgIpc) is 3.70. The van der Waals surface area contributed by atoms with Crippen molar-refractivity contribution in [3.63, 3.8) is 0 Å². The Morgan fingerprint density at radius 3 is 2.38 bits per heavy atom. The number of phenolic OH excluding ortho intramolecular Hbond substituents is 1. The first-order valence-corrected chi connectivity index (χ1v) is 27.0. The van der Waals surface area contributed by atoms with Gasteiger partial charge < -0.3 is 35.9 Å². The lowest BCUT2D eigenvalue weighted by Gasteiger charge is -2.58. The number of amides is 3. The minimum absolute atomic E-state index is 0.00400. The molecule has 12 nitrogen and oxygen atoms in total. The van der Waals surface area contributed by atoms with Gasteiger partial charge in [0, 0.05) is 66.2 Å². The van der Waals surface area contributed by atoms with Crippen molar-refractivity contribution in [3.05, 3.63) is 87.1 Å². The first kappa shape index (κ1) is 53.7. The highest BCUT2D eigenvalue weighted by Crippen LogP contribution is 2.67. The van der Waals surface area contributed by atoms with Crippen LogP contribution in [0.1, 0.15) is 147 Å². The Hall–Kier alpha value is -5.63. The van der Waals surface area contributed by atoms with E-state index in [9.17, 15) is 43.0 Å². The van der Waals surface area contributed by atoms with Gasteiger partial charge in [0.15, 0.2) is 17.4 Å². The molecule has 6 N–H and O–H groups in total. The summed E-state index contributed by atoms with van der Waals surface area (Å²) in [4.78, 5) is 63.5. The molecule has 6 aliphatic rings. The van der Waals surface area contributed by atoms with E-state index in [0.717, 1.165) is 85.6 Å². The zero-order valence-corrected chi connectivity index (χ0v) is 43.6. The van der Waals surface area contributed by atoms with Gasteiger partial charge in [-0.25, -0.2) is 8.78 Å². The van der Waals surface area contributed by atoms with E-state index in [1.807, 2.05) is 0 Å². The summed E-state index contributed by atoms with van der Waals surface area (Å²) in [6.45, 7) is 15.4. The van der Waals surface area contributed by atoms with Gasteiger partial charge in [0.25, 0.3) is 5.91 Å². The Morgan fingerprint density at radius 1 is 0.836 bits per heavy atom. The van der Waals surface area contributed by atoms with Gasteiger partial charge in [0.05, 0.1) is 0 Å². The van der Waals surface area contributed by atoms with Crippen molar-refractivity contribution in [1.82, 2.24) is 21.3 Å². The number of aliphatic carboxylic acids is 1. The van der Waals surface area contributed by atoms with Crippen molar-refractivity contribution in [2.45, 2.75) is 150 Å². The van der Waals surface area contributed by atoms with Crippen molar-refractivity contribution in [1.29, 1.82) is 0 Å². The summed E-state index contributed by atoms with van der Waals surface area (Å²) >= 11 is 0. The van der Waals surface area contributed by atoms with E-state index in [1.54, 1.807) is 18.6 Å². The van der Waals surface area contributed by atoms with Crippen LogP contribution in [0, 0.1) is 64.9 Å². The lowest BCUT2D eigenvalue weighted by molar-refractivity contribution is -0.137. The van der Waals surface area contributed by atoms with Crippen LogP contribution in [0.3, 0.4) is 0 Å². The molecule has 3 saturated carbocycles. The zero-order valence-electron chi connectivity index (χ0n) is 43.6. The highest BCUT2D eigenvalue weighted by Gasteiger charge is 2.59. The Bertz CT molecular complexity index is 2770. The number of phenols is 1. The van der Waals surface area contributed by atoms with Crippen LogP contribution in [0.4, 0.5) is 8.78 Å². The van der Waals surface area contributed by atoms with Gasteiger partial charge >= 0.3 is 5.97 Å². The maximum absolute atomic E-state index is 14.7. The van der Waals surface area contributed by atoms with Crippen LogP contribution in [0.5, 0.6) is 5.75 Å². The lowest BCUT2D eigenvalue weighted by Crippen LogP contribution is -2.51. The highest BCUT2D eigenvalue weighted by molar-refractivity contribution is 6.04. The highest BCUT2D eigenvalue weighted by atomic mass is 19.1. The number of hydrogen-bond donors (Lipinski definition) is 6. The standard InChI is InChI=1S/C59H76F2N4O8/c1-33(2)9-7-10-34(3)43-15-16-44-40-14-12-37-28-38(19-22-58(37,5)45(40)20-23-59(43,44)6)62-24-8-25-63-53(68)21-26-64-57(72)48(17-18-54(69)70)65-56(71)36-11-13-39(35(4)27-36)55-41-29-46(60)49(66)31-51(41)73-52-32-50(67)47(61)30-42(52)55/h11-13,27,29-34,38,40,43-45,48,62,66H,7-10,14-26,28H2,1-6H3,(H,63,68)(H,64,72)(H,65,71)(H,69,70)/t34-,38+,40+,43?,44+,45?,48+,58?,59?/m1/s1. The summed E-state index contributed by atoms with van der Waals surface area (Å²) in [5, 5.41) is 31.7. The third-order valence-corrected chi connectivity index (χ3v) is 17.9. The molecule has 8 rings (SSSR count). The molecule has 0 aromatic heterocycles. The number of aromatic hydroxyl groups is 1. The molecule has 0 saturated heterocycles. The molecule has 2 aromatic carbocycles. The summed E-state index contributed by atoms with van der Waals surface area (Å²) in [7, 11) is 0. The number of benzene rings is 3.